The van der Waals surface area contributed by atoms with Gasteiger partial charge in [0.15, 0.2) is 0 Å². The lowest BCUT2D eigenvalue weighted by Gasteiger charge is -2.36. The van der Waals surface area contributed by atoms with Crippen LogP contribution in [0.3, 0.4) is 0 Å². The van der Waals surface area contributed by atoms with Gasteiger partial charge in [0.25, 0.3) is 5.69 Å². The van der Waals surface area contributed by atoms with Gasteiger partial charge in [-0.3, -0.25) is 15.0 Å². The van der Waals surface area contributed by atoms with Crippen molar-refractivity contribution in [2.45, 2.75) is 31.9 Å². The normalized spacial score (nSPS) is 23.6. The molecular weight excluding hydrogens is 260 g/mol. The highest BCUT2D eigenvalue weighted by Gasteiger charge is 2.28. The maximum absolute atomic E-state index is 10.9. The van der Waals surface area contributed by atoms with Crippen LogP contribution in [0.1, 0.15) is 25.3 Å². The van der Waals surface area contributed by atoms with Gasteiger partial charge in [0.2, 0.25) is 0 Å². The highest BCUT2D eigenvalue weighted by Crippen LogP contribution is 2.28. The molecule has 1 aliphatic rings. The van der Waals surface area contributed by atoms with Crippen LogP contribution in [0, 0.1) is 10.1 Å². The zero-order valence-corrected chi connectivity index (χ0v) is 11.8. The summed E-state index contributed by atoms with van der Waals surface area (Å²) < 4.78 is 5.26. The molecule has 1 unspecified atom stereocenters. The smallest absolute Gasteiger partial charge is 0.270 e. The Bertz CT molecular complexity index is 502. The molecule has 0 bridgehead atoms. The summed E-state index contributed by atoms with van der Waals surface area (Å²) >= 11 is 0. The van der Waals surface area contributed by atoms with Gasteiger partial charge in [-0.2, -0.15) is 0 Å². The van der Waals surface area contributed by atoms with Gasteiger partial charge in [0, 0.05) is 30.8 Å². The molecule has 2 rings (SSSR count). The molecule has 1 fully saturated rings. The number of nitro groups is 1. The minimum Gasteiger partial charge on any atom is -0.496 e. The summed E-state index contributed by atoms with van der Waals surface area (Å²) in [7, 11) is 1.55. The molecule has 0 saturated carbocycles. The lowest BCUT2D eigenvalue weighted by molar-refractivity contribution is -0.385. The first-order valence-electron chi connectivity index (χ1n) is 6.67. The van der Waals surface area contributed by atoms with Crippen LogP contribution < -0.4 is 4.74 Å². The van der Waals surface area contributed by atoms with E-state index in [1.54, 1.807) is 19.2 Å². The van der Waals surface area contributed by atoms with E-state index in [9.17, 15) is 15.2 Å². The second kappa shape index (κ2) is 5.76. The Morgan fingerprint density at radius 3 is 2.90 bits per heavy atom. The van der Waals surface area contributed by atoms with E-state index >= 15 is 0 Å². The quantitative estimate of drug-likeness (QED) is 0.674. The van der Waals surface area contributed by atoms with Crippen molar-refractivity contribution in [3.8, 4) is 5.75 Å². The summed E-state index contributed by atoms with van der Waals surface area (Å²) in [5, 5.41) is 21.0. The number of nitrogens with zero attached hydrogens (tertiary/aromatic N) is 2. The van der Waals surface area contributed by atoms with E-state index in [1.807, 2.05) is 6.92 Å². The zero-order valence-electron chi connectivity index (χ0n) is 11.8. The molecule has 1 atom stereocenters. The van der Waals surface area contributed by atoms with E-state index in [-0.39, 0.29) is 5.69 Å². The van der Waals surface area contributed by atoms with Crippen LogP contribution in [0.4, 0.5) is 5.69 Å². The van der Waals surface area contributed by atoms with Crippen molar-refractivity contribution in [2.24, 2.45) is 0 Å². The zero-order chi connectivity index (χ0) is 14.8. The van der Waals surface area contributed by atoms with Gasteiger partial charge < -0.3 is 9.84 Å². The van der Waals surface area contributed by atoms with Crippen LogP contribution >= 0.6 is 0 Å². The Morgan fingerprint density at radius 1 is 1.55 bits per heavy atom. The topological polar surface area (TPSA) is 75.8 Å². The van der Waals surface area contributed by atoms with Gasteiger partial charge in [-0.1, -0.05) is 0 Å². The number of piperidine rings is 1. The Balaban J connectivity index is 2.18. The molecule has 6 nitrogen and oxygen atoms in total. The lowest BCUT2D eigenvalue weighted by Crippen LogP contribution is -2.45. The van der Waals surface area contributed by atoms with Gasteiger partial charge in [-0.15, -0.1) is 0 Å². The summed E-state index contributed by atoms with van der Waals surface area (Å²) in [6.45, 7) is 3.81. The van der Waals surface area contributed by atoms with Gasteiger partial charge in [0.05, 0.1) is 17.6 Å². The number of nitro benzene ring substituents is 1. The average Bonchev–Trinajstić information content (AvgIpc) is 2.37. The molecule has 1 aliphatic heterocycles. The number of likely N-dealkylation sites (tertiary alicyclic amines) is 1. The van der Waals surface area contributed by atoms with Crippen molar-refractivity contribution in [1.29, 1.82) is 0 Å². The lowest BCUT2D eigenvalue weighted by atomic mass is 9.95. The third kappa shape index (κ3) is 3.46. The second-order valence-corrected chi connectivity index (χ2v) is 5.56. The maximum Gasteiger partial charge on any atom is 0.270 e. The summed E-state index contributed by atoms with van der Waals surface area (Å²) in [5.41, 5.74) is 0.149. The highest BCUT2D eigenvalue weighted by atomic mass is 16.6. The number of hydrogen-bond donors (Lipinski definition) is 1. The summed E-state index contributed by atoms with van der Waals surface area (Å²) in [6, 6.07) is 4.60. The average molecular weight is 280 g/mol. The number of non-ortho nitro benzene ring substituents is 1. The van der Waals surface area contributed by atoms with Crippen molar-refractivity contribution in [3.05, 3.63) is 33.9 Å². The Morgan fingerprint density at radius 2 is 2.30 bits per heavy atom. The Hall–Kier alpha value is -1.66. The van der Waals surface area contributed by atoms with E-state index in [0.29, 0.717) is 18.8 Å². The number of benzene rings is 1. The SMILES string of the molecule is COc1ccc([N+](=O)[O-])cc1CN1CCCC(C)(O)C1. The van der Waals surface area contributed by atoms with Gasteiger partial charge in [0.1, 0.15) is 5.75 Å². The molecule has 0 aromatic heterocycles. The molecule has 0 spiro atoms. The van der Waals surface area contributed by atoms with Crippen molar-refractivity contribution < 1.29 is 14.8 Å². The predicted molar refractivity (Wildman–Crippen MR) is 74.8 cm³/mol. The molecule has 20 heavy (non-hydrogen) atoms. The maximum atomic E-state index is 10.9. The number of β-amino-alcohol motifs (C(OH)–C–C–N with tert-alkyl or cyclic N) is 1. The molecule has 1 heterocycles. The van der Waals surface area contributed by atoms with E-state index in [2.05, 4.69) is 4.90 Å². The largest absolute Gasteiger partial charge is 0.496 e. The standard InChI is InChI=1S/C14H20N2O4/c1-14(17)6-3-7-15(10-14)9-11-8-12(16(18)19)4-5-13(11)20-2/h4-5,8,17H,3,6-7,9-10H2,1-2H3. The van der Waals surface area contributed by atoms with E-state index in [0.717, 1.165) is 24.9 Å². The molecule has 0 aliphatic carbocycles. The van der Waals surface area contributed by atoms with E-state index in [4.69, 9.17) is 4.74 Å². The van der Waals surface area contributed by atoms with Crippen LogP contribution in [0.25, 0.3) is 0 Å². The number of methoxy groups -OCH3 is 1. The fourth-order valence-electron chi connectivity index (χ4n) is 2.70. The Labute approximate surface area is 118 Å². The van der Waals surface area contributed by atoms with Crippen LogP contribution in [-0.4, -0.2) is 40.7 Å². The molecule has 1 N–H and O–H groups in total. The van der Waals surface area contributed by atoms with Gasteiger partial charge in [-0.05, 0) is 32.4 Å². The molecule has 6 heteroatoms. The third-order valence-corrected chi connectivity index (χ3v) is 3.62. The predicted octanol–water partition coefficient (Wildman–Crippen LogP) is 1.95. The van der Waals surface area contributed by atoms with Crippen LogP contribution in [0.15, 0.2) is 18.2 Å². The fraction of sp³-hybridized carbons (Fsp3) is 0.571. The van der Waals surface area contributed by atoms with Gasteiger partial charge >= 0.3 is 0 Å². The van der Waals surface area contributed by atoms with Crippen LogP contribution in [0.5, 0.6) is 5.75 Å². The minimum absolute atomic E-state index is 0.0598. The van der Waals surface area contributed by atoms with E-state index in [1.165, 1.54) is 6.07 Å². The summed E-state index contributed by atoms with van der Waals surface area (Å²) in [5.74, 6) is 0.640. The van der Waals surface area contributed by atoms with Crippen molar-refractivity contribution in [1.82, 2.24) is 4.90 Å². The molecule has 1 aromatic carbocycles. The molecular formula is C14H20N2O4. The monoisotopic (exact) mass is 280 g/mol. The first-order valence-corrected chi connectivity index (χ1v) is 6.67. The fourth-order valence-corrected chi connectivity index (χ4v) is 2.70. The van der Waals surface area contributed by atoms with E-state index < -0.39 is 10.5 Å². The molecule has 1 saturated heterocycles. The number of rotatable bonds is 4. The van der Waals surface area contributed by atoms with Gasteiger partial charge in [-0.25, -0.2) is 0 Å². The first kappa shape index (κ1) is 14.7. The third-order valence-electron chi connectivity index (χ3n) is 3.62. The summed E-state index contributed by atoms with van der Waals surface area (Å²) in [6.07, 6.45) is 1.71. The van der Waals surface area contributed by atoms with Crippen molar-refractivity contribution in [3.63, 3.8) is 0 Å². The number of ether oxygens (including phenoxy) is 1. The molecule has 0 radical (unpaired) electrons. The Kier molecular flexibility index (Phi) is 4.25. The highest BCUT2D eigenvalue weighted by molar-refractivity contribution is 5.43. The summed E-state index contributed by atoms with van der Waals surface area (Å²) in [4.78, 5) is 12.6. The minimum atomic E-state index is -0.688. The first-order chi connectivity index (χ1) is 9.41. The van der Waals surface area contributed by atoms with Crippen molar-refractivity contribution in [2.75, 3.05) is 20.2 Å². The number of aliphatic hydroxyl groups is 1. The molecule has 0 amide bonds. The van der Waals surface area contributed by atoms with Crippen LogP contribution in [-0.2, 0) is 6.54 Å². The second-order valence-electron chi connectivity index (χ2n) is 5.56. The van der Waals surface area contributed by atoms with Crippen molar-refractivity contribution >= 4 is 5.69 Å². The molecule has 110 valence electrons. The molecule has 1 aromatic rings. The van der Waals surface area contributed by atoms with Crippen LogP contribution in [0.2, 0.25) is 0 Å². The number of hydrogen-bond acceptors (Lipinski definition) is 5.